The van der Waals surface area contributed by atoms with Gasteiger partial charge in [-0.2, -0.15) is 0 Å². The number of ether oxygens (including phenoxy) is 1. The molecule has 1 aromatic rings. The molecular formula is C23H36N2O2. The summed E-state index contributed by atoms with van der Waals surface area (Å²) in [6.45, 7) is 12.9. The molecule has 0 saturated carbocycles. The van der Waals surface area contributed by atoms with Gasteiger partial charge in [-0.05, 0) is 89.6 Å². The Morgan fingerprint density at radius 3 is 2.63 bits per heavy atom. The molecule has 0 N–H and O–H groups in total. The fraction of sp³-hybridized carbons (Fsp3) is 0.739. The van der Waals surface area contributed by atoms with Crippen molar-refractivity contribution in [1.82, 2.24) is 9.88 Å². The lowest BCUT2D eigenvalue weighted by Crippen LogP contribution is -2.52. The van der Waals surface area contributed by atoms with Crippen LogP contribution in [0.15, 0.2) is 24.4 Å². The Morgan fingerprint density at radius 2 is 2.04 bits per heavy atom. The van der Waals surface area contributed by atoms with Gasteiger partial charge in [0.25, 0.3) is 0 Å². The third kappa shape index (κ3) is 4.78. The number of Topliss-reactive ketones (excluding diaryl/α,β-unsaturated/α-hetero) is 1. The summed E-state index contributed by atoms with van der Waals surface area (Å²) < 4.78 is 6.00. The Bertz CT molecular complexity index is 621. The van der Waals surface area contributed by atoms with E-state index in [1.165, 1.54) is 13.0 Å². The zero-order valence-corrected chi connectivity index (χ0v) is 17.5. The largest absolute Gasteiger partial charge is 0.376 e. The molecule has 0 spiro atoms. The second-order valence-electron chi connectivity index (χ2n) is 9.53. The van der Waals surface area contributed by atoms with Crippen LogP contribution in [-0.4, -0.2) is 47.5 Å². The van der Waals surface area contributed by atoms with Gasteiger partial charge < -0.3 is 9.64 Å². The van der Waals surface area contributed by atoms with E-state index in [0.717, 1.165) is 44.7 Å². The van der Waals surface area contributed by atoms with Gasteiger partial charge in [0.2, 0.25) is 0 Å². The van der Waals surface area contributed by atoms with E-state index in [2.05, 4.69) is 37.6 Å². The molecule has 0 radical (unpaired) electrons. The van der Waals surface area contributed by atoms with Crippen LogP contribution in [0.4, 0.5) is 0 Å². The molecule has 0 amide bonds. The van der Waals surface area contributed by atoms with E-state index in [1.807, 2.05) is 18.2 Å². The molecule has 0 aliphatic carbocycles. The van der Waals surface area contributed by atoms with Crippen molar-refractivity contribution in [2.45, 2.75) is 65.4 Å². The van der Waals surface area contributed by atoms with Crippen LogP contribution in [0.25, 0.3) is 0 Å². The maximum Gasteiger partial charge on any atom is 0.187 e. The van der Waals surface area contributed by atoms with E-state index in [9.17, 15) is 4.79 Å². The normalized spacial score (nSPS) is 27.0. The fourth-order valence-electron chi connectivity index (χ4n) is 5.04. The molecule has 2 aliphatic heterocycles. The first kappa shape index (κ1) is 20.5. The predicted octanol–water partition coefficient (Wildman–Crippen LogP) is 4.60. The molecule has 3 rings (SSSR count). The van der Waals surface area contributed by atoms with Crippen molar-refractivity contribution in [2.24, 2.45) is 17.3 Å². The van der Waals surface area contributed by atoms with Gasteiger partial charge in [0.1, 0.15) is 5.69 Å². The SMILES string of the molecule is CC(C)CCN1CCC([C@@]2(C(=O)c3ccccn3)CCOC(C)(C)C2)CC1. The summed E-state index contributed by atoms with van der Waals surface area (Å²) in [5.41, 5.74) is 0.0370. The molecule has 2 aliphatic rings. The van der Waals surface area contributed by atoms with Crippen LogP contribution in [0, 0.1) is 17.3 Å². The lowest BCUT2D eigenvalue weighted by molar-refractivity contribution is -0.113. The Kier molecular flexibility index (Phi) is 6.37. The number of rotatable bonds is 6. The molecule has 27 heavy (non-hydrogen) atoms. The van der Waals surface area contributed by atoms with Crippen molar-refractivity contribution in [3.8, 4) is 0 Å². The number of carbonyl (C=O) groups is 1. The average molecular weight is 373 g/mol. The Hall–Kier alpha value is -1.26. The molecule has 2 fully saturated rings. The van der Waals surface area contributed by atoms with Crippen molar-refractivity contribution < 1.29 is 9.53 Å². The van der Waals surface area contributed by atoms with Gasteiger partial charge in [-0.3, -0.25) is 9.78 Å². The van der Waals surface area contributed by atoms with Crippen LogP contribution < -0.4 is 0 Å². The van der Waals surface area contributed by atoms with Gasteiger partial charge in [0.05, 0.1) is 5.60 Å². The van der Waals surface area contributed by atoms with Crippen LogP contribution in [0.3, 0.4) is 0 Å². The van der Waals surface area contributed by atoms with Crippen LogP contribution in [0.1, 0.15) is 70.3 Å². The highest BCUT2D eigenvalue weighted by Gasteiger charge is 2.52. The van der Waals surface area contributed by atoms with E-state index in [0.29, 0.717) is 18.2 Å². The van der Waals surface area contributed by atoms with Crippen molar-refractivity contribution >= 4 is 5.78 Å². The van der Waals surface area contributed by atoms with Crippen LogP contribution in [0.2, 0.25) is 0 Å². The highest BCUT2D eigenvalue weighted by Crippen LogP contribution is 2.49. The molecule has 4 heteroatoms. The van der Waals surface area contributed by atoms with E-state index >= 15 is 0 Å². The minimum Gasteiger partial charge on any atom is -0.376 e. The predicted molar refractivity (Wildman–Crippen MR) is 109 cm³/mol. The van der Waals surface area contributed by atoms with Crippen molar-refractivity contribution in [1.29, 1.82) is 0 Å². The number of nitrogens with zero attached hydrogens (tertiary/aromatic N) is 2. The number of piperidine rings is 1. The van der Waals surface area contributed by atoms with E-state index in [-0.39, 0.29) is 16.8 Å². The third-order valence-corrected chi connectivity index (χ3v) is 6.52. The summed E-state index contributed by atoms with van der Waals surface area (Å²) in [6.07, 6.45) is 6.82. The van der Waals surface area contributed by atoms with Crippen LogP contribution in [0.5, 0.6) is 0 Å². The van der Waals surface area contributed by atoms with E-state index in [4.69, 9.17) is 4.74 Å². The van der Waals surface area contributed by atoms with Crippen LogP contribution >= 0.6 is 0 Å². The molecule has 0 bridgehead atoms. The van der Waals surface area contributed by atoms with Gasteiger partial charge in [-0.15, -0.1) is 0 Å². The number of likely N-dealkylation sites (tertiary alicyclic amines) is 1. The monoisotopic (exact) mass is 372 g/mol. The topological polar surface area (TPSA) is 42.4 Å². The fourth-order valence-corrected chi connectivity index (χ4v) is 5.04. The second kappa shape index (κ2) is 8.40. The van der Waals surface area contributed by atoms with E-state index < -0.39 is 0 Å². The summed E-state index contributed by atoms with van der Waals surface area (Å²) in [6, 6.07) is 5.68. The van der Waals surface area contributed by atoms with E-state index in [1.54, 1.807) is 6.20 Å². The molecule has 0 aromatic carbocycles. The molecule has 4 nitrogen and oxygen atoms in total. The highest BCUT2D eigenvalue weighted by atomic mass is 16.5. The molecular weight excluding hydrogens is 336 g/mol. The smallest absolute Gasteiger partial charge is 0.187 e. The summed E-state index contributed by atoms with van der Waals surface area (Å²) in [5, 5.41) is 0. The molecule has 1 aromatic heterocycles. The standard InChI is InChI=1S/C23H36N2O2/c1-18(2)8-13-25-14-9-19(10-15-25)23(11-16-27-22(3,4)17-23)21(26)20-7-5-6-12-24-20/h5-7,12,18-19H,8-11,13-17H2,1-4H3/t23-/m1/s1. The zero-order chi connectivity index (χ0) is 19.5. The first-order chi connectivity index (χ1) is 12.8. The maximum absolute atomic E-state index is 13.7. The third-order valence-electron chi connectivity index (χ3n) is 6.52. The lowest BCUT2D eigenvalue weighted by Gasteiger charge is -2.50. The molecule has 150 valence electrons. The number of pyridine rings is 1. The Balaban J connectivity index is 1.78. The van der Waals surface area contributed by atoms with Crippen molar-refractivity contribution in [3.05, 3.63) is 30.1 Å². The first-order valence-electron chi connectivity index (χ1n) is 10.6. The molecule has 1 atom stereocenters. The van der Waals surface area contributed by atoms with Gasteiger partial charge in [0, 0.05) is 18.2 Å². The highest BCUT2D eigenvalue weighted by molar-refractivity contribution is 5.99. The first-order valence-corrected chi connectivity index (χ1v) is 10.6. The summed E-state index contributed by atoms with van der Waals surface area (Å²) >= 11 is 0. The van der Waals surface area contributed by atoms with Gasteiger partial charge in [-0.25, -0.2) is 0 Å². The quantitative estimate of drug-likeness (QED) is 0.685. The van der Waals surface area contributed by atoms with Crippen molar-refractivity contribution in [3.63, 3.8) is 0 Å². The molecule has 3 heterocycles. The maximum atomic E-state index is 13.7. The summed E-state index contributed by atoms with van der Waals surface area (Å²) in [5.74, 6) is 1.40. The average Bonchev–Trinajstić information content (AvgIpc) is 2.66. The molecule has 2 saturated heterocycles. The summed E-state index contributed by atoms with van der Waals surface area (Å²) in [7, 11) is 0. The number of hydrogen-bond donors (Lipinski definition) is 0. The number of hydrogen-bond acceptors (Lipinski definition) is 4. The minimum absolute atomic E-state index is 0.236. The Labute approximate surface area is 164 Å². The van der Waals surface area contributed by atoms with Gasteiger partial charge in [-0.1, -0.05) is 19.9 Å². The Morgan fingerprint density at radius 1 is 1.30 bits per heavy atom. The minimum atomic E-state index is -0.333. The lowest BCUT2D eigenvalue weighted by atomic mass is 9.60. The van der Waals surface area contributed by atoms with Gasteiger partial charge in [0.15, 0.2) is 5.78 Å². The summed E-state index contributed by atoms with van der Waals surface area (Å²) in [4.78, 5) is 20.7. The zero-order valence-electron chi connectivity index (χ0n) is 17.5. The van der Waals surface area contributed by atoms with Gasteiger partial charge >= 0.3 is 0 Å². The van der Waals surface area contributed by atoms with Crippen molar-refractivity contribution in [2.75, 3.05) is 26.2 Å². The number of carbonyl (C=O) groups excluding carboxylic acids is 1. The number of aromatic nitrogens is 1. The van der Waals surface area contributed by atoms with Crippen LogP contribution in [-0.2, 0) is 4.74 Å². The second-order valence-corrected chi connectivity index (χ2v) is 9.53. The number of ketones is 1. The molecule has 0 unspecified atom stereocenters.